The fourth-order valence-electron chi connectivity index (χ4n) is 1.42. The van der Waals surface area contributed by atoms with E-state index in [4.69, 9.17) is 10.2 Å². The Hall–Kier alpha value is -1.29. The molecule has 1 aromatic rings. The summed E-state index contributed by atoms with van der Waals surface area (Å²) in [7, 11) is 0. The Kier molecular flexibility index (Phi) is 5.05. The van der Waals surface area contributed by atoms with Gasteiger partial charge in [-0.15, -0.1) is 0 Å². The van der Waals surface area contributed by atoms with Gasteiger partial charge in [0.05, 0.1) is 12.3 Å². The maximum atomic E-state index is 11.6. The zero-order valence-electron chi connectivity index (χ0n) is 9.90. The lowest BCUT2D eigenvalue weighted by atomic mass is 10.1. The lowest BCUT2D eigenvalue weighted by Gasteiger charge is -2.12. The van der Waals surface area contributed by atoms with Gasteiger partial charge >= 0.3 is 0 Å². The van der Waals surface area contributed by atoms with Gasteiger partial charge in [0, 0.05) is 6.42 Å². The molecule has 0 aromatic carbocycles. The Bertz CT molecular complexity index is 309. The molecule has 0 aliphatic rings. The summed E-state index contributed by atoms with van der Waals surface area (Å²) in [5.74, 6) is 1.22. The molecular formula is C12H20N2O2. The van der Waals surface area contributed by atoms with Crippen molar-refractivity contribution in [3.05, 3.63) is 24.2 Å². The molecule has 2 atom stereocenters. The van der Waals surface area contributed by atoms with Crippen LogP contribution in [0.5, 0.6) is 0 Å². The van der Waals surface area contributed by atoms with Gasteiger partial charge in [-0.2, -0.15) is 0 Å². The monoisotopic (exact) mass is 224 g/mol. The smallest absolute Gasteiger partial charge is 0.220 e. The zero-order chi connectivity index (χ0) is 12.0. The molecule has 0 fully saturated rings. The van der Waals surface area contributed by atoms with Crippen molar-refractivity contribution in [3.63, 3.8) is 0 Å². The molecule has 0 aliphatic heterocycles. The normalized spacial score (nSPS) is 14.4. The van der Waals surface area contributed by atoms with Crippen LogP contribution in [0.2, 0.25) is 0 Å². The van der Waals surface area contributed by atoms with Crippen LogP contribution in [0.25, 0.3) is 0 Å². The van der Waals surface area contributed by atoms with E-state index in [0.29, 0.717) is 18.9 Å². The van der Waals surface area contributed by atoms with Gasteiger partial charge in [0.15, 0.2) is 0 Å². The molecule has 16 heavy (non-hydrogen) atoms. The molecule has 4 nitrogen and oxygen atoms in total. The van der Waals surface area contributed by atoms with Gasteiger partial charge in [0.2, 0.25) is 5.91 Å². The molecule has 0 bridgehead atoms. The summed E-state index contributed by atoms with van der Waals surface area (Å²) in [6.45, 7) is 4.58. The molecule has 90 valence electrons. The summed E-state index contributed by atoms with van der Waals surface area (Å²) in [4.78, 5) is 11.6. The summed E-state index contributed by atoms with van der Waals surface area (Å²) < 4.78 is 5.21. The topological polar surface area (TPSA) is 68.3 Å². The summed E-state index contributed by atoms with van der Waals surface area (Å²) >= 11 is 0. The Morgan fingerprint density at radius 1 is 1.56 bits per heavy atom. The van der Waals surface area contributed by atoms with E-state index in [0.717, 1.165) is 12.2 Å². The molecule has 1 amide bonds. The van der Waals surface area contributed by atoms with Crippen molar-refractivity contribution in [2.24, 2.45) is 11.7 Å². The van der Waals surface area contributed by atoms with Crippen LogP contribution >= 0.6 is 0 Å². The van der Waals surface area contributed by atoms with E-state index in [-0.39, 0.29) is 11.9 Å². The highest BCUT2D eigenvalue weighted by Crippen LogP contribution is 2.12. The number of hydrogen-bond donors (Lipinski definition) is 2. The van der Waals surface area contributed by atoms with E-state index in [1.807, 2.05) is 26.0 Å². The molecule has 1 rings (SSSR count). The summed E-state index contributed by atoms with van der Waals surface area (Å²) in [5.41, 5.74) is 5.49. The van der Waals surface area contributed by atoms with Gasteiger partial charge in [0.1, 0.15) is 5.76 Å². The highest BCUT2D eigenvalue weighted by molar-refractivity contribution is 5.76. The molecule has 1 aromatic heterocycles. The minimum atomic E-state index is -0.0734. The maximum Gasteiger partial charge on any atom is 0.220 e. The molecule has 0 spiro atoms. The maximum absolute atomic E-state index is 11.6. The molecule has 0 aliphatic carbocycles. The SMILES string of the molecule is CC(CN)CCC(=O)N[C@@H](C)c1ccco1. The number of carbonyl (C=O) groups is 1. The lowest BCUT2D eigenvalue weighted by molar-refractivity contribution is -0.122. The number of amides is 1. The lowest BCUT2D eigenvalue weighted by Crippen LogP contribution is -2.27. The van der Waals surface area contributed by atoms with Crippen LogP contribution in [0.3, 0.4) is 0 Å². The second kappa shape index (κ2) is 6.33. The van der Waals surface area contributed by atoms with Crippen molar-refractivity contribution >= 4 is 5.91 Å². The third-order valence-corrected chi connectivity index (χ3v) is 2.61. The average molecular weight is 224 g/mol. The highest BCUT2D eigenvalue weighted by Gasteiger charge is 2.12. The van der Waals surface area contributed by atoms with Gasteiger partial charge in [-0.3, -0.25) is 4.79 Å². The Balaban J connectivity index is 2.29. The van der Waals surface area contributed by atoms with E-state index in [2.05, 4.69) is 5.32 Å². The van der Waals surface area contributed by atoms with Crippen molar-refractivity contribution in [1.29, 1.82) is 0 Å². The van der Waals surface area contributed by atoms with Crippen molar-refractivity contribution in [3.8, 4) is 0 Å². The Morgan fingerprint density at radius 3 is 2.88 bits per heavy atom. The van der Waals surface area contributed by atoms with Crippen LogP contribution in [0.15, 0.2) is 22.8 Å². The van der Waals surface area contributed by atoms with E-state index in [1.54, 1.807) is 6.26 Å². The molecule has 4 heteroatoms. The molecule has 0 saturated heterocycles. The molecular weight excluding hydrogens is 204 g/mol. The van der Waals surface area contributed by atoms with Crippen molar-refractivity contribution in [2.45, 2.75) is 32.7 Å². The van der Waals surface area contributed by atoms with Crippen LogP contribution < -0.4 is 11.1 Å². The largest absolute Gasteiger partial charge is 0.467 e. The predicted octanol–water partition coefficient (Wildman–Crippen LogP) is 1.83. The number of nitrogens with two attached hydrogens (primary N) is 1. The van der Waals surface area contributed by atoms with Crippen LogP contribution in [0.1, 0.15) is 38.5 Å². The third kappa shape index (κ3) is 4.06. The van der Waals surface area contributed by atoms with Gasteiger partial charge in [-0.25, -0.2) is 0 Å². The zero-order valence-corrected chi connectivity index (χ0v) is 9.90. The Morgan fingerprint density at radius 2 is 2.31 bits per heavy atom. The van der Waals surface area contributed by atoms with Crippen LogP contribution in [0.4, 0.5) is 0 Å². The van der Waals surface area contributed by atoms with Crippen molar-refractivity contribution < 1.29 is 9.21 Å². The first kappa shape index (κ1) is 12.8. The first-order chi connectivity index (χ1) is 7.63. The summed E-state index contributed by atoms with van der Waals surface area (Å²) in [6, 6.07) is 3.60. The molecule has 3 N–H and O–H groups in total. The second-order valence-electron chi connectivity index (χ2n) is 4.18. The number of carbonyl (C=O) groups excluding carboxylic acids is 1. The fraction of sp³-hybridized carbons (Fsp3) is 0.583. The first-order valence-corrected chi connectivity index (χ1v) is 5.66. The predicted molar refractivity (Wildman–Crippen MR) is 62.7 cm³/mol. The standard InChI is InChI=1S/C12H20N2O2/c1-9(8-13)5-6-12(15)14-10(2)11-4-3-7-16-11/h3-4,7,9-10H,5-6,8,13H2,1-2H3,(H,14,15)/t9?,10-/m0/s1. The fourth-order valence-corrected chi connectivity index (χ4v) is 1.42. The molecule has 1 unspecified atom stereocenters. The molecule has 0 radical (unpaired) electrons. The van der Waals surface area contributed by atoms with Gasteiger partial charge < -0.3 is 15.5 Å². The van der Waals surface area contributed by atoms with Crippen LogP contribution in [-0.2, 0) is 4.79 Å². The number of furan rings is 1. The van der Waals surface area contributed by atoms with E-state index in [1.165, 1.54) is 0 Å². The van der Waals surface area contributed by atoms with E-state index >= 15 is 0 Å². The van der Waals surface area contributed by atoms with E-state index < -0.39 is 0 Å². The van der Waals surface area contributed by atoms with E-state index in [9.17, 15) is 4.79 Å². The Labute approximate surface area is 96.2 Å². The summed E-state index contributed by atoms with van der Waals surface area (Å²) in [6.07, 6.45) is 2.95. The van der Waals surface area contributed by atoms with Crippen LogP contribution in [0, 0.1) is 5.92 Å². The quantitative estimate of drug-likeness (QED) is 0.774. The average Bonchev–Trinajstić information content (AvgIpc) is 2.79. The summed E-state index contributed by atoms with van der Waals surface area (Å²) in [5, 5.41) is 2.89. The number of hydrogen-bond acceptors (Lipinski definition) is 3. The molecule has 1 heterocycles. The second-order valence-corrected chi connectivity index (χ2v) is 4.18. The van der Waals surface area contributed by atoms with Gasteiger partial charge in [0.25, 0.3) is 0 Å². The highest BCUT2D eigenvalue weighted by atomic mass is 16.3. The molecule has 0 saturated carbocycles. The minimum absolute atomic E-state index is 0.0456. The number of nitrogens with one attached hydrogen (secondary N) is 1. The van der Waals surface area contributed by atoms with Crippen molar-refractivity contribution in [2.75, 3.05) is 6.54 Å². The van der Waals surface area contributed by atoms with Gasteiger partial charge in [-0.05, 0) is 37.9 Å². The first-order valence-electron chi connectivity index (χ1n) is 5.66. The third-order valence-electron chi connectivity index (χ3n) is 2.61. The van der Waals surface area contributed by atoms with Gasteiger partial charge in [-0.1, -0.05) is 6.92 Å². The minimum Gasteiger partial charge on any atom is -0.467 e. The number of rotatable bonds is 6. The van der Waals surface area contributed by atoms with Crippen LogP contribution in [-0.4, -0.2) is 12.5 Å². The van der Waals surface area contributed by atoms with Crippen molar-refractivity contribution in [1.82, 2.24) is 5.32 Å².